The summed E-state index contributed by atoms with van der Waals surface area (Å²) >= 11 is 0. The SMILES string of the molecule is CCCCCCCCCCCOC(=O)C1CCN(C)CC1. The summed E-state index contributed by atoms with van der Waals surface area (Å²) in [5.41, 5.74) is 0. The highest BCUT2D eigenvalue weighted by Gasteiger charge is 2.24. The Morgan fingerprint density at radius 1 is 0.952 bits per heavy atom. The molecule has 0 aromatic carbocycles. The predicted octanol–water partition coefficient (Wildman–Crippen LogP) is 4.40. The molecule has 1 aliphatic rings. The lowest BCUT2D eigenvalue weighted by Crippen LogP contribution is -2.34. The molecule has 0 aromatic heterocycles. The molecule has 0 radical (unpaired) electrons. The third-order valence-corrected chi connectivity index (χ3v) is 4.54. The molecule has 0 atom stereocenters. The molecular formula is C18H35NO2. The highest BCUT2D eigenvalue weighted by molar-refractivity contribution is 5.72. The first-order chi connectivity index (χ1) is 10.2. The summed E-state index contributed by atoms with van der Waals surface area (Å²) in [6.45, 7) is 4.93. The van der Waals surface area contributed by atoms with Crippen LogP contribution in [0.3, 0.4) is 0 Å². The van der Waals surface area contributed by atoms with Crippen LogP contribution in [0.1, 0.15) is 77.6 Å². The number of nitrogens with zero attached hydrogens (tertiary/aromatic N) is 1. The molecule has 0 bridgehead atoms. The second kappa shape index (κ2) is 12.0. The van der Waals surface area contributed by atoms with Crippen molar-refractivity contribution in [2.75, 3.05) is 26.7 Å². The van der Waals surface area contributed by atoms with Crippen molar-refractivity contribution in [2.24, 2.45) is 5.92 Å². The molecule has 0 unspecified atom stereocenters. The van der Waals surface area contributed by atoms with Gasteiger partial charge in [-0.2, -0.15) is 0 Å². The molecule has 0 aliphatic carbocycles. The van der Waals surface area contributed by atoms with E-state index in [0.29, 0.717) is 6.61 Å². The average molecular weight is 297 g/mol. The second-order valence-electron chi connectivity index (χ2n) is 6.57. The van der Waals surface area contributed by atoms with Crippen molar-refractivity contribution < 1.29 is 9.53 Å². The van der Waals surface area contributed by atoms with E-state index in [2.05, 4.69) is 18.9 Å². The van der Waals surface area contributed by atoms with Crippen LogP contribution in [0, 0.1) is 5.92 Å². The van der Waals surface area contributed by atoms with Crippen molar-refractivity contribution in [2.45, 2.75) is 77.6 Å². The molecule has 0 saturated carbocycles. The number of piperidine rings is 1. The van der Waals surface area contributed by atoms with Gasteiger partial charge >= 0.3 is 5.97 Å². The normalized spacial score (nSPS) is 17.0. The van der Waals surface area contributed by atoms with Gasteiger partial charge in [0.1, 0.15) is 0 Å². The van der Waals surface area contributed by atoms with E-state index in [1.165, 1.54) is 51.4 Å². The zero-order valence-corrected chi connectivity index (χ0v) is 14.2. The lowest BCUT2D eigenvalue weighted by molar-refractivity contribution is -0.150. The predicted molar refractivity (Wildman–Crippen MR) is 88.4 cm³/mol. The second-order valence-corrected chi connectivity index (χ2v) is 6.57. The Kier molecular flexibility index (Phi) is 10.6. The summed E-state index contributed by atoms with van der Waals surface area (Å²) < 4.78 is 5.42. The van der Waals surface area contributed by atoms with Gasteiger partial charge in [-0.3, -0.25) is 4.79 Å². The third kappa shape index (κ3) is 9.13. The van der Waals surface area contributed by atoms with E-state index in [1.807, 2.05) is 0 Å². The van der Waals surface area contributed by atoms with Gasteiger partial charge in [0.25, 0.3) is 0 Å². The minimum Gasteiger partial charge on any atom is -0.465 e. The monoisotopic (exact) mass is 297 g/mol. The molecule has 3 heteroatoms. The van der Waals surface area contributed by atoms with Crippen LogP contribution in [-0.2, 0) is 9.53 Å². The summed E-state index contributed by atoms with van der Waals surface area (Å²) in [7, 11) is 2.11. The standard InChI is InChI=1S/C18H35NO2/c1-3-4-5-6-7-8-9-10-11-16-21-18(20)17-12-14-19(2)15-13-17/h17H,3-16H2,1-2H3. The van der Waals surface area contributed by atoms with Crippen LogP contribution in [0.15, 0.2) is 0 Å². The topological polar surface area (TPSA) is 29.5 Å². The maximum atomic E-state index is 11.9. The number of carbonyl (C=O) groups is 1. The molecule has 0 aromatic rings. The molecule has 1 aliphatic heterocycles. The van der Waals surface area contributed by atoms with Gasteiger partial charge in [-0.15, -0.1) is 0 Å². The lowest BCUT2D eigenvalue weighted by atomic mass is 9.97. The molecule has 0 amide bonds. The van der Waals surface area contributed by atoms with Crippen molar-refractivity contribution in [1.29, 1.82) is 0 Å². The molecule has 1 rings (SSSR count). The first-order valence-corrected chi connectivity index (χ1v) is 9.09. The first kappa shape index (κ1) is 18.5. The minimum atomic E-state index is 0.0441. The maximum absolute atomic E-state index is 11.9. The van der Waals surface area contributed by atoms with Gasteiger partial charge in [0.15, 0.2) is 0 Å². The van der Waals surface area contributed by atoms with Crippen molar-refractivity contribution >= 4 is 5.97 Å². The highest BCUT2D eigenvalue weighted by atomic mass is 16.5. The molecule has 0 spiro atoms. The molecule has 1 fully saturated rings. The van der Waals surface area contributed by atoms with Crippen LogP contribution in [0.5, 0.6) is 0 Å². The highest BCUT2D eigenvalue weighted by Crippen LogP contribution is 2.17. The van der Waals surface area contributed by atoms with Gasteiger partial charge in [0.2, 0.25) is 0 Å². The van der Waals surface area contributed by atoms with Gasteiger partial charge in [0, 0.05) is 0 Å². The number of esters is 1. The molecule has 1 heterocycles. The Hall–Kier alpha value is -0.570. The molecule has 1 saturated heterocycles. The van der Waals surface area contributed by atoms with Crippen molar-refractivity contribution in [1.82, 2.24) is 4.90 Å². The van der Waals surface area contributed by atoms with E-state index < -0.39 is 0 Å². The zero-order valence-electron chi connectivity index (χ0n) is 14.2. The molecule has 21 heavy (non-hydrogen) atoms. The Morgan fingerprint density at radius 2 is 1.48 bits per heavy atom. The Balaban J connectivity index is 1.86. The fraction of sp³-hybridized carbons (Fsp3) is 0.944. The Labute approximate surface area is 131 Å². The van der Waals surface area contributed by atoms with Crippen molar-refractivity contribution in [3.05, 3.63) is 0 Å². The average Bonchev–Trinajstić information content (AvgIpc) is 2.49. The quantitative estimate of drug-likeness (QED) is 0.418. The van der Waals surface area contributed by atoms with Gasteiger partial charge in [-0.25, -0.2) is 0 Å². The van der Waals surface area contributed by atoms with E-state index in [0.717, 1.165) is 32.4 Å². The van der Waals surface area contributed by atoms with Gasteiger partial charge < -0.3 is 9.64 Å². The zero-order chi connectivity index (χ0) is 15.3. The summed E-state index contributed by atoms with van der Waals surface area (Å²) in [4.78, 5) is 14.2. The number of hydrogen-bond donors (Lipinski definition) is 0. The van der Waals surface area contributed by atoms with E-state index in [1.54, 1.807) is 0 Å². The van der Waals surface area contributed by atoms with Crippen molar-refractivity contribution in [3.8, 4) is 0 Å². The summed E-state index contributed by atoms with van der Waals surface area (Å²) in [6, 6.07) is 0. The van der Waals surface area contributed by atoms with Gasteiger partial charge in [-0.1, -0.05) is 58.3 Å². The largest absolute Gasteiger partial charge is 0.465 e. The van der Waals surface area contributed by atoms with Crippen LogP contribution in [0.2, 0.25) is 0 Å². The smallest absolute Gasteiger partial charge is 0.309 e. The summed E-state index contributed by atoms with van der Waals surface area (Å²) in [5, 5.41) is 0. The Morgan fingerprint density at radius 3 is 2.05 bits per heavy atom. The summed E-state index contributed by atoms with van der Waals surface area (Å²) in [5.74, 6) is 0.197. The van der Waals surface area contributed by atoms with Crippen molar-refractivity contribution in [3.63, 3.8) is 0 Å². The number of ether oxygens (including phenoxy) is 1. The number of carbonyl (C=O) groups excluding carboxylic acids is 1. The fourth-order valence-electron chi connectivity index (χ4n) is 2.95. The molecular weight excluding hydrogens is 262 g/mol. The van der Waals surface area contributed by atoms with E-state index in [9.17, 15) is 4.79 Å². The Bertz CT molecular complexity index is 260. The third-order valence-electron chi connectivity index (χ3n) is 4.54. The number of hydrogen-bond acceptors (Lipinski definition) is 3. The van der Waals surface area contributed by atoms with Crippen LogP contribution in [-0.4, -0.2) is 37.6 Å². The first-order valence-electron chi connectivity index (χ1n) is 9.09. The van der Waals surface area contributed by atoms with Gasteiger partial charge in [0.05, 0.1) is 12.5 Å². The lowest BCUT2D eigenvalue weighted by Gasteiger charge is -2.27. The number of rotatable bonds is 11. The van der Waals surface area contributed by atoms with Crippen LogP contribution < -0.4 is 0 Å². The summed E-state index contributed by atoms with van der Waals surface area (Å²) in [6.07, 6.45) is 13.7. The minimum absolute atomic E-state index is 0.0441. The molecule has 0 N–H and O–H groups in total. The van der Waals surface area contributed by atoms with Gasteiger partial charge in [-0.05, 0) is 39.4 Å². The number of unbranched alkanes of at least 4 members (excludes halogenated alkanes) is 8. The fourth-order valence-corrected chi connectivity index (χ4v) is 2.95. The van der Waals surface area contributed by atoms with E-state index >= 15 is 0 Å². The number of likely N-dealkylation sites (tertiary alicyclic amines) is 1. The maximum Gasteiger partial charge on any atom is 0.309 e. The van der Waals surface area contributed by atoms with Crippen LogP contribution in [0.25, 0.3) is 0 Å². The van der Waals surface area contributed by atoms with Crippen LogP contribution in [0.4, 0.5) is 0 Å². The van der Waals surface area contributed by atoms with E-state index in [4.69, 9.17) is 4.74 Å². The molecule has 3 nitrogen and oxygen atoms in total. The van der Waals surface area contributed by atoms with E-state index in [-0.39, 0.29) is 11.9 Å². The van der Waals surface area contributed by atoms with Crippen LogP contribution >= 0.6 is 0 Å². The molecule has 124 valence electrons.